The lowest BCUT2D eigenvalue weighted by Crippen LogP contribution is -2.36. The van der Waals surface area contributed by atoms with E-state index < -0.39 is 11.4 Å². The molecule has 0 amide bonds. The van der Waals surface area contributed by atoms with Gasteiger partial charge in [-0.05, 0) is 49.4 Å². The fourth-order valence-corrected chi connectivity index (χ4v) is 2.45. The van der Waals surface area contributed by atoms with Crippen molar-refractivity contribution in [1.82, 2.24) is 0 Å². The minimum Gasteiger partial charge on any atom is -0.382 e. The fraction of sp³-hybridized carbons (Fsp3) is 0.462. The van der Waals surface area contributed by atoms with E-state index in [1.165, 1.54) is 18.2 Å². The van der Waals surface area contributed by atoms with E-state index in [1.807, 2.05) is 0 Å². The molecule has 0 aromatic heterocycles. The normalized spacial score (nSPS) is 18.3. The highest BCUT2D eigenvalue weighted by atomic mass is 35.5. The number of carbonyl (C=O) groups is 1. The summed E-state index contributed by atoms with van der Waals surface area (Å²) in [5, 5.41) is 10.5. The van der Waals surface area contributed by atoms with E-state index in [9.17, 15) is 14.3 Å². The summed E-state index contributed by atoms with van der Waals surface area (Å²) in [4.78, 5) is 11.9. The predicted molar refractivity (Wildman–Crippen MR) is 63.5 cm³/mol. The van der Waals surface area contributed by atoms with Gasteiger partial charge in [0.1, 0.15) is 11.4 Å². The zero-order chi connectivity index (χ0) is 12.5. The Morgan fingerprint density at radius 1 is 1.41 bits per heavy atom. The molecule has 4 heteroatoms. The van der Waals surface area contributed by atoms with Gasteiger partial charge in [0.2, 0.25) is 0 Å². The van der Waals surface area contributed by atoms with Crippen LogP contribution in [0.15, 0.2) is 18.2 Å². The van der Waals surface area contributed by atoms with Gasteiger partial charge < -0.3 is 5.11 Å². The molecule has 1 aromatic carbocycles. The van der Waals surface area contributed by atoms with Crippen LogP contribution in [-0.2, 0) is 11.2 Å². The third kappa shape index (κ3) is 2.67. The number of benzene rings is 1. The summed E-state index contributed by atoms with van der Waals surface area (Å²) >= 11 is 5.75. The zero-order valence-corrected chi connectivity index (χ0v) is 10.1. The Morgan fingerprint density at radius 3 is 2.71 bits per heavy atom. The number of rotatable bonds is 3. The summed E-state index contributed by atoms with van der Waals surface area (Å²) in [5.74, 6) is -0.763. The first-order valence-corrected chi connectivity index (χ1v) is 6.09. The molecule has 92 valence electrons. The molecule has 2 nitrogen and oxygen atoms in total. The average Bonchev–Trinajstić information content (AvgIpc) is 2.72. The van der Waals surface area contributed by atoms with Crippen LogP contribution >= 0.6 is 11.6 Å². The molecule has 2 rings (SSSR count). The second kappa shape index (κ2) is 4.75. The van der Waals surface area contributed by atoms with Crippen LogP contribution < -0.4 is 0 Å². The summed E-state index contributed by atoms with van der Waals surface area (Å²) < 4.78 is 13.4. The van der Waals surface area contributed by atoms with Crippen molar-refractivity contribution in [3.63, 3.8) is 0 Å². The van der Waals surface area contributed by atoms with Crippen molar-refractivity contribution in [2.75, 3.05) is 0 Å². The van der Waals surface area contributed by atoms with Crippen LogP contribution in [0.4, 0.5) is 4.39 Å². The SMILES string of the molecule is O=C(Cc1cc(Cl)ccc1F)C1(O)CCCC1. The maximum Gasteiger partial charge on any atom is 0.168 e. The number of carbonyl (C=O) groups excluding carboxylic acids is 1. The molecule has 0 aliphatic heterocycles. The van der Waals surface area contributed by atoms with Crippen molar-refractivity contribution in [2.45, 2.75) is 37.7 Å². The van der Waals surface area contributed by atoms with Crippen LogP contribution in [0.5, 0.6) is 0 Å². The highest BCUT2D eigenvalue weighted by Crippen LogP contribution is 2.31. The van der Waals surface area contributed by atoms with Gasteiger partial charge in [0.15, 0.2) is 5.78 Å². The minimum absolute atomic E-state index is 0.0944. The first kappa shape index (κ1) is 12.5. The summed E-state index contributed by atoms with van der Waals surface area (Å²) in [6, 6.07) is 4.12. The van der Waals surface area contributed by atoms with Gasteiger partial charge in [0, 0.05) is 11.4 Å². The third-order valence-electron chi connectivity index (χ3n) is 3.31. The van der Waals surface area contributed by atoms with E-state index in [-0.39, 0.29) is 17.8 Å². The second-order valence-corrected chi connectivity index (χ2v) is 5.01. The summed E-state index contributed by atoms with van der Waals surface area (Å²) in [6.45, 7) is 0. The zero-order valence-electron chi connectivity index (χ0n) is 9.38. The maximum absolute atomic E-state index is 13.4. The van der Waals surface area contributed by atoms with Crippen molar-refractivity contribution in [1.29, 1.82) is 0 Å². The third-order valence-corrected chi connectivity index (χ3v) is 3.54. The average molecular weight is 257 g/mol. The van der Waals surface area contributed by atoms with Gasteiger partial charge in [-0.3, -0.25) is 4.79 Å². The molecule has 0 unspecified atom stereocenters. The van der Waals surface area contributed by atoms with Gasteiger partial charge in [-0.15, -0.1) is 0 Å². The summed E-state index contributed by atoms with van der Waals surface area (Å²) in [6.07, 6.45) is 2.56. The molecule has 1 fully saturated rings. The molecular formula is C13H14ClFO2. The number of halogens is 2. The summed E-state index contributed by atoms with van der Waals surface area (Å²) in [5.41, 5.74) is -1.00. The molecule has 1 saturated carbocycles. The van der Waals surface area contributed by atoms with Gasteiger partial charge in [-0.25, -0.2) is 4.39 Å². The molecule has 1 aliphatic rings. The van der Waals surface area contributed by atoms with Crippen molar-refractivity contribution in [3.8, 4) is 0 Å². The molecular weight excluding hydrogens is 243 g/mol. The number of hydrogen-bond acceptors (Lipinski definition) is 2. The van der Waals surface area contributed by atoms with Gasteiger partial charge in [-0.1, -0.05) is 11.6 Å². The van der Waals surface area contributed by atoms with E-state index in [4.69, 9.17) is 11.6 Å². The van der Waals surface area contributed by atoms with Gasteiger partial charge >= 0.3 is 0 Å². The van der Waals surface area contributed by atoms with Crippen LogP contribution in [0.1, 0.15) is 31.2 Å². The Morgan fingerprint density at radius 2 is 2.06 bits per heavy atom. The molecule has 17 heavy (non-hydrogen) atoms. The van der Waals surface area contributed by atoms with Gasteiger partial charge in [-0.2, -0.15) is 0 Å². The number of Topliss-reactive ketones (excluding diaryl/α,β-unsaturated/α-hetero) is 1. The van der Waals surface area contributed by atoms with Crippen LogP contribution in [0.2, 0.25) is 5.02 Å². The Bertz CT molecular complexity index is 439. The predicted octanol–water partition coefficient (Wildman–Crippen LogP) is 2.90. The van der Waals surface area contributed by atoms with Crippen molar-refractivity contribution >= 4 is 17.4 Å². The highest BCUT2D eigenvalue weighted by Gasteiger charge is 2.38. The summed E-state index contributed by atoms with van der Waals surface area (Å²) in [7, 11) is 0. The monoisotopic (exact) mass is 256 g/mol. The van der Waals surface area contributed by atoms with E-state index in [2.05, 4.69) is 0 Å². The molecule has 0 heterocycles. The smallest absolute Gasteiger partial charge is 0.168 e. The molecule has 0 bridgehead atoms. The Labute approximate surface area is 104 Å². The van der Waals surface area contributed by atoms with Crippen LogP contribution in [-0.4, -0.2) is 16.5 Å². The molecule has 1 aromatic rings. The molecule has 1 aliphatic carbocycles. The molecule has 0 saturated heterocycles. The minimum atomic E-state index is -1.26. The number of hydrogen-bond donors (Lipinski definition) is 1. The second-order valence-electron chi connectivity index (χ2n) is 4.57. The molecule has 1 N–H and O–H groups in total. The van der Waals surface area contributed by atoms with Crippen molar-refractivity contribution < 1.29 is 14.3 Å². The maximum atomic E-state index is 13.4. The Hall–Kier alpha value is -0.930. The lowest BCUT2D eigenvalue weighted by atomic mass is 9.92. The van der Waals surface area contributed by atoms with E-state index in [1.54, 1.807) is 0 Å². The van der Waals surface area contributed by atoms with Crippen LogP contribution in [0.3, 0.4) is 0 Å². The fourth-order valence-electron chi connectivity index (χ4n) is 2.26. The van der Waals surface area contributed by atoms with Crippen molar-refractivity contribution in [3.05, 3.63) is 34.6 Å². The van der Waals surface area contributed by atoms with Crippen LogP contribution in [0, 0.1) is 5.82 Å². The first-order chi connectivity index (χ1) is 8.01. The van der Waals surface area contributed by atoms with Crippen molar-refractivity contribution in [2.24, 2.45) is 0 Å². The lowest BCUT2D eigenvalue weighted by Gasteiger charge is -2.20. The standard InChI is InChI=1S/C13H14ClFO2/c14-10-3-4-11(15)9(7-10)8-12(16)13(17)5-1-2-6-13/h3-4,7,17H,1-2,5-6,8H2. The quantitative estimate of drug-likeness (QED) is 0.903. The van der Waals surface area contributed by atoms with Gasteiger partial charge in [0.05, 0.1) is 0 Å². The number of aliphatic hydroxyl groups is 1. The number of ketones is 1. The van der Waals surface area contributed by atoms with E-state index in [0.717, 1.165) is 12.8 Å². The molecule has 0 spiro atoms. The Balaban J connectivity index is 2.15. The highest BCUT2D eigenvalue weighted by molar-refractivity contribution is 6.30. The topological polar surface area (TPSA) is 37.3 Å². The van der Waals surface area contributed by atoms with Crippen LogP contribution in [0.25, 0.3) is 0 Å². The van der Waals surface area contributed by atoms with E-state index in [0.29, 0.717) is 17.9 Å². The van der Waals surface area contributed by atoms with Gasteiger partial charge in [0.25, 0.3) is 0 Å². The first-order valence-electron chi connectivity index (χ1n) is 5.71. The van der Waals surface area contributed by atoms with E-state index >= 15 is 0 Å². The Kier molecular flexibility index (Phi) is 3.50. The molecule has 0 radical (unpaired) electrons. The lowest BCUT2D eigenvalue weighted by molar-refractivity contribution is -0.136. The molecule has 0 atom stereocenters. The largest absolute Gasteiger partial charge is 0.382 e.